The van der Waals surface area contributed by atoms with Gasteiger partial charge in [0, 0.05) is 23.2 Å². The summed E-state index contributed by atoms with van der Waals surface area (Å²) in [4.78, 5) is 0. The third-order valence-corrected chi connectivity index (χ3v) is 2.68. The van der Waals surface area contributed by atoms with E-state index in [1.807, 2.05) is 18.2 Å². The lowest BCUT2D eigenvalue weighted by Gasteiger charge is -2.11. The normalized spacial score (nSPS) is 10.6. The van der Waals surface area contributed by atoms with Crippen molar-refractivity contribution < 1.29 is 9.26 Å². The predicted molar refractivity (Wildman–Crippen MR) is 69.7 cm³/mol. The smallest absolute Gasteiger partial charge is 0.174 e. The molecule has 18 heavy (non-hydrogen) atoms. The van der Waals surface area contributed by atoms with Gasteiger partial charge in [0.25, 0.3) is 0 Å². The molecule has 0 aliphatic carbocycles. The zero-order valence-corrected chi connectivity index (χ0v) is 10.9. The second kappa shape index (κ2) is 6.42. The lowest BCUT2D eigenvalue weighted by atomic mass is 10.2. The van der Waals surface area contributed by atoms with Crippen molar-refractivity contribution in [3.63, 3.8) is 0 Å². The van der Waals surface area contributed by atoms with E-state index in [9.17, 15) is 0 Å². The number of hydrogen-bond donors (Lipinski definition) is 1. The number of aromatic nitrogens is 1. The molecule has 1 aromatic heterocycles. The zero-order valence-electron chi connectivity index (χ0n) is 10.1. The first-order valence-electron chi connectivity index (χ1n) is 5.81. The molecule has 2 rings (SSSR count). The average Bonchev–Trinajstić information content (AvgIpc) is 2.88. The number of nitrogens with one attached hydrogen (secondary N) is 1. The number of nitrogens with zero attached hydrogens (tertiary/aromatic N) is 1. The Morgan fingerprint density at radius 1 is 1.39 bits per heavy atom. The minimum absolute atomic E-state index is 0.362. The van der Waals surface area contributed by atoms with Gasteiger partial charge in [0.1, 0.15) is 12.4 Å². The number of benzene rings is 1. The average molecular weight is 267 g/mol. The highest BCUT2D eigenvalue weighted by molar-refractivity contribution is 6.30. The van der Waals surface area contributed by atoms with E-state index >= 15 is 0 Å². The Morgan fingerprint density at radius 3 is 3.00 bits per heavy atom. The monoisotopic (exact) mass is 266 g/mol. The molecule has 0 unspecified atom stereocenters. The molecule has 1 N–H and O–H groups in total. The number of halogens is 1. The lowest BCUT2D eigenvalue weighted by molar-refractivity contribution is 0.247. The van der Waals surface area contributed by atoms with Crippen LogP contribution in [0.5, 0.6) is 5.75 Å². The van der Waals surface area contributed by atoms with Gasteiger partial charge in [-0.2, -0.15) is 0 Å². The van der Waals surface area contributed by atoms with Gasteiger partial charge >= 0.3 is 0 Å². The van der Waals surface area contributed by atoms with Crippen molar-refractivity contribution in [3.8, 4) is 5.75 Å². The Bertz CT molecular complexity index is 486. The highest BCUT2D eigenvalue weighted by Gasteiger charge is 2.06. The molecule has 0 amide bonds. The Labute approximate surface area is 111 Å². The number of rotatable bonds is 6. The van der Waals surface area contributed by atoms with Crippen LogP contribution in [0.15, 0.2) is 35.0 Å². The first kappa shape index (κ1) is 12.9. The molecule has 0 saturated carbocycles. The number of hydrogen-bond acceptors (Lipinski definition) is 4. The van der Waals surface area contributed by atoms with Gasteiger partial charge in [-0.1, -0.05) is 23.7 Å². The summed E-state index contributed by atoms with van der Waals surface area (Å²) in [5.41, 5.74) is 1.03. The van der Waals surface area contributed by atoms with Gasteiger partial charge in [-0.15, -0.1) is 0 Å². The van der Waals surface area contributed by atoms with E-state index in [2.05, 4.69) is 17.4 Å². The third-order valence-electron chi connectivity index (χ3n) is 2.45. The zero-order chi connectivity index (χ0) is 12.8. The summed E-state index contributed by atoms with van der Waals surface area (Å²) in [6, 6.07) is 7.36. The van der Waals surface area contributed by atoms with E-state index in [1.165, 1.54) is 0 Å². The minimum atomic E-state index is 0.362. The Kier molecular flexibility index (Phi) is 4.61. The molecule has 0 fully saturated rings. The molecule has 5 heteroatoms. The maximum absolute atomic E-state index is 5.98. The molecular weight excluding hydrogens is 252 g/mol. The van der Waals surface area contributed by atoms with E-state index in [-0.39, 0.29) is 0 Å². The highest BCUT2D eigenvalue weighted by Crippen LogP contribution is 2.23. The van der Waals surface area contributed by atoms with Crippen molar-refractivity contribution in [3.05, 3.63) is 46.8 Å². The van der Waals surface area contributed by atoms with E-state index in [1.54, 1.807) is 12.3 Å². The van der Waals surface area contributed by atoms with Crippen LogP contribution in [0.4, 0.5) is 0 Å². The van der Waals surface area contributed by atoms with E-state index in [4.69, 9.17) is 20.9 Å². The van der Waals surface area contributed by atoms with Crippen LogP contribution < -0.4 is 10.1 Å². The van der Waals surface area contributed by atoms with E-state index in [0.29, 0.717) is 17.4 Å². The van der Waals surface area contributed by atoms with Gasteiger partial charge in [0.05, 0.1) is 6.20 Å². The fourth-order valence-corrected chi connectivity index (χ4v) is 1.75. The minimum Gasteiger partial charge on any atom is -0.485 e. The van der Waals surface area contributed by atoms with E-state index < -0.39 is 0 Å². The van der Waals surface area contributed by atoms with Gasteiger partial charge in [0.15, 0.2) is 5.76 Å². The first-order chi connectivity index (χ1) is 8.79. The fourth-order valence-electron chi connectivity index (χ4n) is 1.55. The van der Waals surface area contributed by atoms with Crippen LogP contribution >= 0.6 is 11.6 Å². The molecule has 0 radical (unpaired) electrons. The van der Waals surface area contributed by atoms with Crippen LogP contribution in [0.25, 0.3) is 0 Å². The molecule has 1 heterocycles. The van der Waals surface area contributed by atoms with Crippen LogP contribution in [0.2, 0.25) is 5.02 Å². The molecule has 2 aromatic rings. The van der Waals surface area contributed by atoms with Crippen molar-refractivity contribution in [1.29, 1.82) is 0 Å². The van der Waals surface area contributed by atoms with Gasteiger partial charge < -0.3 is 14.6 Å². The maximum atomic E-state index is 5.98. The fraction of sp³-hybridized carbons (Fsp3) is 0.308. The molecule has 0 saturated heterocycles. The lowest BCUT2D eigenvalue weighted by Crippen LogP contribution is -2.12. The summed E-state index contributed by atoms with van der Waals surface area (Å²) in [7, 11) is 0. The van der Waals surface area contributed by atoms with Crippen molar-refractivity contribution in [2.24, 2.45) is 0 Å². The van der Waals surface area contributed by atoms with Crippen molar-refractivity contribution >= 4 is 11.6 Å². The summed E-state index contributed by atoms with van der Waals surface area (Å²) >= 11 is 5.98. The maximum Gasteiger partial charge on any atom is 0.174 e. The second-order valence-corrected chi connectivity index (χ2v) is 4.24. The number of ether oxygens (including phenoxy) is 1. The largest absolute Gasteiger partial charge is 0.485 e. The second-order valence-electron chi connectivity index (χ2n) is 3.80. The van der Waals surface area contributed by atoms with Crippen LogP contribution in [0, 0.1) is 0 Å². The van der Waals surface area contributed by atoms with Crippen LogP contribution in [0.3, 0.4) is 0 Å². The summed E-state index contributed by atoms with van der Waals surface area (Å²) in [5.74, 6) is 1.50. The molecule has 0 aliphatic heterocycles. The van der Waals surface area contributed by atoms with Crippen LogP contribution in [0.1, 0.15) is 18.2 Å². The summed E-state index contributed by atoms with van der Waals surface area (Å²) in [6.07, 6.45) is 1.60. The van der Waals surface area contributed by atoms with Crippen molar-refractivity contribution in [2.45, 2.75) is 20.1 Å². The van der Waals surface area contributed by atoms with Gasteiger partial charge in [-0.05, 0) is 24.7 Å². The molecule has 0 atom stereocenters. The van der Waals surface area contributed by atoms with Crippen molar-refractivity contribution in [1.82, 2.24) is 10.5 Å². The molecule has 0 bridgehead atoms. The molecule has 4 nitrogen and oxygen atoms in total. The molecule has 0 spiro atoms. The standard InChI is InChI=1S/C13H15ClN2O2/c1-2-15-8-10-7-11(14)3-4-13(10)17-9-12-5-6-16-18-12/h3-7,15H,2,8-9H2,1H3. The van der Waals surface area contributed by atoms with Crippen molar-refractivity contribution in [2.75, 3.05) is 6.54 Å². The molecular formula is C13H15ClN2O2. The predicted octanol–water partition coefficient (Wildman–Crippen LogP) is 3.02. The summed E-state index contributed by atoms with van der Waals surface area (Å²) in [6.45, 7) is 4.04. The summed E-state index contributed by atoms with van der Waals surface area (Å²) < 4.78 is 10.7. The molecule has 96 valence electrons. The van der Waals surface area contributed by atoms with Gasteiger partial charge in [-0.3, -0.25) is 0 Å². The quantitative estimate of drug-likeness (QED) is 0.873. The first-order valence-corrected chi connectivity index (χ1v) is 6.19. The van der Waals surface area contributed by atoms with E-state index in [0.717, 1.165) is 24.4 Å². The van der Waals surface area contributed by atoms with Gasteiger partial charge in [0.2, 0.25) is 0 Å². The van der Waals surface area contributed by atoms with Gasteiger partial charge in [-0.25, -0.2) is 0 Å². The Balaban J connectivity index is 2.05. The highest BCUT2D eigenvalue weighted by atomic mass is 35.5. The molecule has 0 aliphatic rings. The topological polar surface area (TPSA) is 47.3 Å². The Morgan fingerprint density at radius 2 is 2.28 bits per heavy atom. The molecule has 1 aromatic carbocycles. The van der Waals surface area contributed by atoms with Crippen LogP contribution in [-0.4, -0.2) is 11.7 Å². The summed E-state index contributed by atoms with van der Waals surface area (Å²) in [5, 5.41) is 7.59. The SMILES string of the molecule is CCNCc1cc(Cl)ccc1OCc1ccno1. The Hall–Kier alpha value is -1.52. The van der Waals surface area contributed by atoms with Crippen LogP contribution in [-0.2, 0) is 13.2 Å². The third kappa shape index (κ3) is 3.48.